The summed E-state index contributed by atoms with van der Waals surface area (Å²) in [6.45, 7) is 6.52. The molecule has 0 rings (SSSR count). The molecular formula is C11H25N2O2PS. The lowest BCUT2D eigenvalue weighted by molar-refractivity contribution is -0.114. The lowest BCUT2D eigenvalue weighted by Gasteiger charge is -2.29. The molecule has 4 nitrogen and oxygen atoms in total. The minimum absolute atomic E-state index is 0.282. The number of hydrogen-bond donors (Lipinski definition) is 1. The highest BCUT2D eigenvalue weighted by atomic mass is 32.7. The van der Waals surface area contributed by atoms with Crippen LogP contribution in [0, 0.1) is 0 Å². The van der Waals surface area contributed by atoms with Gasteiger partial charge in [-0.3, -0.25) is 14.0 Å². The predicted molar refractivity (Wildman–Crippen MR) is 76.3 cm³/mol. The maximum Gasteiger partial charge on any atom is 0.294 e. The highest BCUT2D eigenvalue weighted by Crippen LogP contribution is 2.59. The third-order valence-corrected chi connectivity index (χ3v) is 7.90. The van der Waals surface area contributed by atoms with Gasteiger partial charge in [0, 0.05) is 18.3 Å². The Labute approximate surface area is 109 Å². The summed E-state index contributed by atoms with van der Waals surface area (Å²) in [5, 5.41) is 3.34. The van der Waals surface area contributed by atoms with Crippen LogP contribution in [0.4, 0.5) is 0 Å². The molecule has 0 fully saturated rings. The Balaban J connectivity index is 4.78. The SMILES string of the molecule is CCCNP(=O)(SC(C)CC)N(C=O)CCC. The zero-order chi connectivity index (χ0) is 13.3. The summed E-state index contributed by atoms with van der Waals surface area (Å²) in [6, 6.07) is 0. The van der Waals surface area contributed by atoms with Crippen LogP contribution in [0.3, 0.4) is 0 Å². The molecule has 0 aliphatic heterocycles. The quantitative estimate of drug-likeness (QED) is 0.491. The standard InChI is InChI=1S/C11H25N2O2PS/c1-5-8-12-16(15,17-11(4)7-3)13(10-14)9-6-2/h10-11H,5-9H2,1-4H3,(H,12,15). The summed E-state index contributed by atoms with van der Waals surface area (Å²) in [4.78, 5) is 11.1. The van der Waals surface area contributed by atoms with E-state index < -0.39 is 6.65 Å². The van der Waals surface area contributed by atoms with Crippen molar-refractivity contribution in [1.82, 2.24) is 9.76 Å². The fourth-order valence-corrected chi connectivity index (χ4v) is 6.48. The summed E-state index contributed by atoms with van der Waals surface area (Å²) in [5.41, 5.74) is 0. The fraction of sp³-hybridized carbons (Fsp3) is 0.909. The molecule has 2 unspecified atom stereocenters. The third kappa shape index (κ3) is 5.94. The van der Waals surface area contributed by atoms with Gasteiger partial charge < -0.3 is 0 Å². The normalized spacial score (nSPS) is 16.2. The maximum absolute atomic E-state index is 12.8. The van der Waals surface area contributed by atoms with Gasteiger partial charge in [0.15, 0.2) is 0 Å². The Morgan fingerprint density at radius 2 is 2.00 bits per heavy atom. The van der Waals surface area contributed by atoms with E-state index in [1.807, 2.05) is 20.8 Å². The van der Waals surface area contributed by atoms with Gasteiger partial charge in [-0.15, -0.1) is 0 Å². The second kappa shape index (κ2) is 9.01. The van der Waals surface area contributed by atoms with Crippen LogP contribution in [0.2, 0.25) is 0 Å². The summed E-state index contributed by atoms with van der Waals surface area (Å²) in [6.07, 6.45) is 3.38. The van der Waals surface area contributed by atoms with Crippen molar-refractivity contribution in [3.8, 4) is 0 Å². The molecular weight excluding hydrogens is 255 g/mol. The van der Waals surface area contributed by atoms with Crippen molar-refractivity contribution in [2.45, 2.75) is 52.2 Å². The molecule has 1 amide bonds. The van der Waals surface area contributed by atoms with Gasteiger partial charge in [-0.1, -0.05) is 39.1 Å². The minimum Gasteiger partial charge on any atom is -0.278 e. The number of carbonyl (C=O) groups excluding carboxylic acids is 1. The first-order valence-electron chi connectivity index (χ1n) is 6.30. The molecule has 0 radical (unpaired) electrons. The second-order valence-electron chi connectivity index (χ2n) is 4.02. The van der Waals surface area contributed by atoms with Crippen LogP contribution in [0.25, 0.3) is 0 Å². The summed E-state index contributed by atoms with van der Waals surface area (Å²) >= 11 is 1.40. The first-order chi connectivity index (χ1) is 8.03. The summed E-state index contributed by atoms with van der Waals surface area (Å²) in [5.74, 6) is 0. The zero-order valence-electron chi connectivity index (χ0n) is 11.3. The fourth-order valence-electron chi connectivity index (χ4n) is 1.24. The first kappa shape index (κ1) is 17.0. The van der Waals surface area contributed by atoms with Gasteiger partial charge >= 0.3 is 0 Å². The topological polar surface area (TPSA) is 49.4 Å². The molecule has 102 valence electrons. The third-order valence-electron chi connectivity index (χ3n) is 2.37. The highest BCUT2D eigenvalue weighted by Gasteiger charge is 2.31. The zero-order valence-corrected chi connectivity index (χ0v) is 13.0. The number of nitrogens with one attached hydrogen (secondary N) is 1. The van der Waals surface area contributed by atoms with E-state index in [-0.39, 0.29) is 5.25 Å². The first-order valence-corrected chi connectivity index (χ1v) is 9.44. The van der Waals surface area contributed by atoms with Crippen LogP contribution in [-0.4, -0.2) is 29.4 Å². The predicted octanol–water partition coefficient (Wildman–Crippen LogP) is 3.49. The molecule has 0 saturated heterocycles. The van der Waals surface area contributed by atoms with Crippen LogP contribution in [-0.2, 0) is 9.36 Å². The Kier molecular flexibility index (Phi) is 9.01. The highest BCUT2D eigenvalue weighted by molar-refractivity contribution is 8.57. The summed E-state index contributed by atoms with van der Waals surface area (Å²) < 4.78 is 14.3. The van der Waals surface area contributed by atoms with Crippen molar-refractivity contribution in [1.29, 1.82) is 0 Å². The van der Waals surface area contributed by atoms with Crippen molar-refractivity contribution in [3.05, 3.63) is 0 Å². The Bertz CT molecular complexity index is 264. The largest absolute Gasteiger partial charge is 0.294 e. The average Bonchev–Trinajstić information content (AvgIpc) is 2.33. The van der Waals surface area contributed by atoms with Crippen molar-refractivity contribution >= 4 is 24.4 Å². The van der Waals surface area contributed by atoms with Gasteiger partial charge in [-0.05, 0) is 19.3 Å². The van der Waals surface area contributed by atoms with Crippen LogP contribution in [0.5, 0.6) is 0 Å². The molecule has 0 aliphatic carbocycles. The Morgan fingerprint density at radius 1 is 1.35 bits per heavy atom. The van der Waals surface area contributed by atoms with Gasteiger partial charge in [0.05, 0.1) is 0 Å². The van der Waals surface area contributed by atoms with E-state index in [1.165, 1.54) is 16.1 Å². The van der Waals surface area contributed by atoms with Crippen LogP contribution in [0.15, 0.2) is 0 Å². The second-order valence-corrected chi connectivity index (χ2v) is 9.02. The summed E-state index contributed by atoms with van der Waals surface area (Å²) in [7, 11) is 0. The van der Waals surface area contributed by atoms with Gasteiger partial charge in [0.1, 0.15) is 0 Å². The number of hydrogen-bond acceptors (Lipinski definition) is 3. The monoisotopic (exact) mass is 280 g/mol. The Morgan fingerprint density at radius 3 is 2.41 bits per heavy atom. The molecule has 1 N–H and O–H groups in total. The molecule has 0 saturated carbocycles. The van der Waals surface area contributed by atoms with Gasteiger partial charge in [-0.25, -0.2) is 5.09 Å². The van der Waals surface area contributed by atoms with Crippen molar-refractivity contribution in [2.24, 2.45) is 0 Å². The van der Waals surface area contributed by atoms with Crippen LogP contribution < -0.4 is 5.09 Å². The number of rotatable bonds is 10. The van der Waals surface area contributed by atoms with E-state index in [0.717, 1.165) is 19.3 Å². The molecule has 0 aromatic heterocycles. The van der Waals surface area contributed by atoms with E-state index in [9.17, 15) is 9.36 Å². The lowest BCUT2D eigenvalue weighted by atomic mass is 10.4. The van der Waals surface area contributed by atoms with Crippen molar-refractivity contribution in [3.63, 3.8) is 0 Å². The van der Waals surface area contributed by atoms with E-state index in [0.29, 0.717) is 19.5 Å². The minimum atomic E-state index is -2.80. The Hall–Kier alpha value is 0.0100. The number of carbonyl (C=O) groups is 1. The van der Waals surface area contributed by atoms with Gasteiger partial charge in [0.25, 0.3) is 6.65 Å². The average molecular weight is 280 g/mol. The number of nitrogens with zero attached hydrogens (tertiary/aromatic N) is 1. The van der Waals surface area contributed by atoms with Crippen LogP contribution in [0.1, 0.15) is 47.0 Å². The van der Waals surface area contributed by atoms with E-state index in [1.54, 1.807) is 0 Å². The van der Waals surface area contributed by atoms with Crippen molar-refractivity contribution in [2.75, 3.05) is 13.1 Å². The molecule has 0 aromatic rings. The van der Waals surface area contributed by atoms with E-state index in [4.69, 9.17) is 0 Å². The molecule has 0 aliphatic rings. The van der Waals surface area contributed by atoms with Gasteiger partial charge in [0.2, 0.25) is 6.41 Å². The lowest BCUT2D eigenvalue weighted by Crippen LogP contribution is -2.27. The molecule has 0 heterocycles. The molecule has 0 spiro atoms. The molecule has 0 bridgehead atoms. The maximum atomic E-state index is 12.8. The molecule has 6 heteroatoms. The smallest absolute Gasteiger partial charge is 0.278 e. The van der Waals surface area contributed by atoms with Gasteiger partial charge in [-0.2, -0.15) is 0 Å². The van der Waals surface area contributed by atoms with Crippen molar-refractivity contribution < 1.29 is 9.36 Å². The van der Waals surface area contributed by atoms with Crippen LogP contribution >= 0.6 is 18.0 Å². The molecule has 17 heavy (non-hydrogen) atoms. The van der Waals surface area contributed by atoms with E-state index in [2.05, 4.69) is 12.0 Å². The van der Waals surface area contributed by atoms with E-state index >= 15 is 0 Å². The molecule has 0 aromatic carbocycles. The number of amides is 1. The molecule has 2 atom stereocenters.